The Morgan fingerprint density at radius 3 is 2.68 bits per heavy atom. The van der Waals surface area contributed by atoms with Crippen molar-refractivity contribution in [3.8, 4) is 0 Å². The molecule has 3 rings (SSSR count). The van der Waals surface area contributed by atoms with E-state index in [1.807, 2.05) is 56.4 Å². The third kappa shape index (κ3) is 4.60. The minimum atomic E-state index is -0.0553. The second-order valence-corrected chi connectivity index (χ2v) is 7.17. The summed E-state index contributed by atoms with van der Waals surface area (Å²) in [5.74, 6) is -0.100. The van der Waals surface area contributed by atoms with Gasteiger partial charge in [-0.1, -0.05) is 30.3 Å². The lowest BCUT2D eigenvalue weighted by Crippen LogP contribution is -2.34. The molecule has 2 amide bonds. The molecule has 0 saturated heterocycles. The predicted molar refractivity (Wildman–Crippen MR) is 114 cm³/mol. The number of nitrogens with one attached hydrogen (secondary N) is 2. The lowest BCUT2D eigenvalue weighted by Gasteiger charge is -2.23. The highest BCUT2D eigenvalue weighted by molar-refractivity contribution is 5.93. The summed E-state index contributed by atoms with van der Waals surface area (Å²) in [4.78, 5) is 29.3. The molecule has 2 aromatic carbocycles. The van der Waals surface area contributed by atoms with E-state index in [4.69, 9.17) is 0 Å². The number of aromatic nitrogens is 1. The molecule has 2 N–H and O–H groups in total. The summed E-state index contributed by atoms with van der Waals surface area (Å²) in [6, 6.07) is 14.2. The first-order chi connectivity index (χ1) is 13.5. The maximum atomic E-state index is 12.3. The van der Waals surface area contributed by atoms with Gasteiger partial charge < -0.3 is 15.2 Å². The third-order valence-corrected chi connectivity index (χ3v) is 4.99. The number of aromatic amines is 1. The number of carbonyl (C=O) groups excluding carboxylic acids is 2. The number of hydrogen-bond acceptors (Lipinski definition) is 2. The fraction of sp³-hybridized carbons (Fsp3) is 0.304. The number of anilines is 1. The minimum Gasteiger partial charge on any atom is -0.361 e. The first-order valence-corrected chi connectivity index (χ1v) is 9.63. The van der Waals surface area contributed by atoms with Crippen LogP contribution >= 0.6 is 0 Å². The Hall–Kier alpha value is -3.08. The highest BCUT2D eigenvalue weighted by atomic mass is 16.2. The van der Waals surface area contributed by atoms with Crippen LogP contribution in [0, 0.1) is 13.8 Å². The van der Waals surface area contributed by atoms with Crippen molar-refractivity contribution in [1.29, 1.82) is 0 Å². The molecular weight excluding hydrogens is 350 g/mol. The zero-order chi connectivity index (χ0) is 20.1. The lowest BCUT2D eigenvalue weighted by molar-refractivity contribution is -0.121. The van der Waals surface area contributed by atoms with E-state index in [-0.39, 0.29) is 18.2 Å². The van der Waals surface area contributed by atoms with Crippen LogP contribution in [0.4, 0.5) is 5.69 Å². The van der Waals surface area contributed by atoms with Crippen molar-refractivity contribution in [3.63, 3.8) is 0 Å². The molecule has 0 unspecified atom stereocenters. The number of rotatable bonds is 7. The Bertz CT molecular complexity index is 990. The van der Waals surface area contributed by atoms with E-state index >= 15 is 0 Å². The van der Waals surface area contributed by atoms with Gasteiger partial charge in [0.15, 0.2) is 0 Å². The van der Waals surface area contributed by atoms with E-state index in [1.54, 1.807) is 4.90 Å². The largest absolute Gasteiger partial charge is 0.361 e. The van der Waals surface area contributed by atoms with Crippen molar-refractivity contribution < 1.29 is 9.59 Å². The molecule has 1 aromatic heterocycles. The van der Waals surface area contributed by atoms with Crippen LogP contribution in [-0.2, 0) is 16.0 Å². The van der Waals surface area contributed by atoms with Crippen molar-refractivity contribution in [2.75, 3.05) is 18.0 Å². The zero-order valence-electron chi connectivity index (χ0n) is 16.7. The number of hydrogen-bond donors (Lipinski definition) is 2. The number of aryl methyl sites for hydroxylation is 2. The summed E-state index contributed by atoms with van der Waals surface area (Å²) < 4.78 is 0. The summed E-state index contributed by atoms with van der Waals surface area (Å²) in [7, 11) is 0. The van der Waals surface area contributed by atoms with Crippen LogP contribution in [0.3, 0.4) is 0 Å². The number of fused-ring (bicyclic) bond motifs is 1. The molecule has 0 saturated carbocycles. The number of para-hydroxylation sites is 1. The van der Waals surface area contributed by atoms with E-state index < -0.39 is 0 Å². The second-order valence-electron chi connectivity index (χ2n) is 7.17. The summed E-state index contributed by atoms with van der Waals surface area (Å²) in [6.07, 6.45) is 3.04. The fourth-order valence-corrected chi connectivity index (χ4v) is 3.43. The molecule has 5 heteroatoms. The van der Waals surface area contributed by atoms with Gasteiger partial charge in [0.1, 0.15) is 0 Å². The molecule has 1 heterocycles. The van der Waals surface area contributed by atoms with Crippen LogP contribution in [0.15, 0.2) is 48.7 Å². The molecule has 0 aliphatic rings. The first kappa shape index (κ1) is 19.7. The van der Waals surface area contributed by atoms with Gasteiger partial charge in [0.25, 0.3) is 0 Å². The van der Waals surface area contributed by atoms with Crippen LogP contribution in [0.5, 0.6) is 0 Å². The molecule has 0 radical (unpaired) electrons. The third-order valence-electron chi connectivity index (χ3n) is 4.99. The molecule has 0 spiro atoms. The smallest absolute Gasteiger partial charge is 0.223 e. The Morgan fingerprint density at radius 1 is 1.11 bits per heavy atom. The van der Waals surface area contributed by atoms with Crippen LogP contribution in [0.1, 0.15) is 30.0 Å². The zero-order valence-corrected chi connectivity index (χ0v) is 16.7. The highest BCUT2D eigenvalue weighted by Crippen LogP contribution is 2.22. The number of carbonyl (C=O) groups is 2. The standard InChI is InChI=1S/C23H27N3O2/c1-16-8-9-17(2)22(14-16)26(18(3)27)13-11-23(28)24-12-10-19-15-25-21-7-5-4-6-20(19)21/h4-9,14-15,25H,10-13H2,1-3H3,(H,24,28). The maximum absolute atomic E-state index is 12.3. The number of H-pyrrole nitrogens is 1. The Labute approximate surface area is 165 Å². The van der Waals surface area contributed by atoms with E-state index in [0.29, 0.717) is 13.1 Å². The van der Waals surface area contributed by atoms with Gasteiger partial charge in [0.2, 0.25) is 11.8 Å². The van der Waals surface area contributed by atoms with Crippen LogP contribution in [0.25, 0.3) is 10.9 Å². The van der Waals surface area contributed by atoms with Gasteiger partial charge in [-0.15, -0.1) is 0 Å². The van der Waals surface area contributed by atoms with Crippen LogP contribution < -0.4 is 10.2 Å². The van der Waals surface area contributed by atoms with Gasteiger partial charge >= 0.3 is 0 Å². The molecule has 5 nitrogen and oxygen atoms in total. The molecular formula is C23H27N3O2. The second kappa shape index (κ2) is 8.74. The van der Waals surface area contributed by atoms with E-state index in [0.717, 1.165) is 28.8 Å². The fourth-order valence-electron chi connectivity index (χ4n) is 3.43. The van der Waals surface area contributed by atoms with Crippen molar-refractivity contribution in [1.82, 2.24) is 10.3 Å². The molecule has 28 heavy (non-hydrogen) atoms. The molecule has 0 aliphatic heterocycles. The number of nitrogens with zero attached hydrogens (tertiary/aromatic N) is 1. The van der Waals surface area contributed by atoms with Gasteiger partial charge in [0, 0.05) is 49.2 Å². The van der Waals surface area contributed by atoms with E-state index in [1.165, 1.54) is 17.9 Å². The normalized spacial score (nSPS) is 10.8. The van der Waals surface area contributed by atoms with Gasteiger partial charge in [-0.05, 0) is 49.1 Å². The molecule has 0 fully saturated rings. The Morgan fingerprint density at radius 2 is 1.89 bits per heavy atom. The van der Waals surface area contributed by atoms with Crippen molar-refractivity contribution >= 4 is 28.4 Å². The van der Waals surface area contributed by atoms with Crippen LogP contribution in [0.2, 0.25) is 0 Å². The highest BCUT2D eigenvalue weighted by Gasteiger charge is 2.15. The molecule has 146 valence electrons. The summed E-state index contributed by atoms with van der Waals surface area (Å²) in [5, 5.41) is 4.16. The van der Waals surface area contributed by atoms with Crippen molar-refractivity contribution in [2.45, 2.75) is 33.6 Å². The molecule has 0 atom stereocenters. The van der Waals surface area contributed by atoms with Gasteiger partial charge in [0.05, 0.1) is 0 Å². The van der Waals surface area contributed by atoms with Gasteiger partial charge in [-0.2, -0.15) is 0 Å². The topological polar surface area (TPSA) is 65.2 Å². The Balaban J connectivity index is 1.54. The van der Waals surface area contributed by atoms with Crippen molar-refractivity contribution in [3.05, 3.63) is 65.4 Å². The maximum Gasteiger partial charge on any atom is 0.223 e. The Kier molecular flexibility index (Phi) is 6.14. The summed E-state index contributed by atoms with van der Waals surface area (Å²) in [6.45, 7) is 6.46. The van der Waals surface area contributed by atoms with E-state index in [9.17, 15) is 9.59 Å². The molecule has 3 aromatic rings. The van der Waals surface area contributed by atoms with E-state index in [2.05, 4.69) is 16.4 Å². The predicted octanol–water partition coefficient (Wildman–Crippen LogP) is 3.89. The van der Waals surface area contributed by atoms with Crippen molar-refractivity contribution in [2.24, 2.45) is 0 Å². The quantitative estimate of drug-likeness (QED) is 0.656. The summed E-state index contributed by atoms with van der Waals surface area (Å²) in [5.41, 5.74) is 5.29. The summed E-state index contributed by atoms with van der Waals surface area (Å²) >= 11 is 0. The van der Waals surface area contributed by atoms with Crippen LogP contribution in [-0.4, -0.2) is 29.9 Å². The minimum absolute atomic E-state index is 0.0450. The average Bonchev–Trinajstić information content (AvgIpc) is 3.07. The number of amides is 2. The SMILES string of the molecule is CC(=O)N(CCC(=O)NCCc1c[nH]c2ccccc12)c1cc(C)ccc1C. The van der Waals surface area contributed by atoms with Gasteiger partial charge in [-0.3, -0.25) is 9.59 Å². The lowest BCUT2D eigenvalue weighted by atomic mass is 10.1. The monoisotopic (exact) mass is 377 g/mol. The first-order valence-electron chi connectivity index (χ1n) is 9.63. The molecule has 0 aliphatic carbocycles. The van der Waals surface area contributed by atoms with Gasteiger partial charge in [-0.25, -0.2) is 0 Å². The average molecular weight is 377 g/mol. The molecule has 0 bridgehead atoms. The number of benzene rings is 2.